The van der Waals surface area contributed by atoms with E-state index in [9.17, 15) is 4.39 Å². The number of hydrogen-bond acceptors (Lipinski definition) is 4. The van der Waals surface area contributed by atoms with Crippen LogP contribution in [0.1, 0.15) is 34.3 Å². The molecule has 1 aliphatic carbocycles. The number of rotatable bonds is 6. The van der Waals surface area contributed by atoms with Gasteiger partial charge in [-0.3, -0.25) is 0 Å². The summed E-state index contributed by atoms with van der Waals surface area (Å²) in [5.74, 6) is 1.38. The van der Waals surface area contributed by atoms with Crippen LogP contribution in [0.3, 0.4) is 0 Å². The first kappa shape index (κ1) is 13.9. The molecule has 0 spiro atoms. The molecule has 0 amide bonds. The van der Waals surface area contributed by atoms with Crippen LogP contribution in [0.15, 0.2) is 24.3 Å². The van der Waals surface area contributed by atoms with E-state index in [0.717, 1.165) is 10.8 Å². The minimum Gasteiger partial charge on any atom is -0.490 e. The van der Waals surface area contributed by atoms with Crippen LogP contribution in [0.5, 0.6) is 5.75 Å². The molecule has 3 rings (SSSR count). The molecule has 20 heavy (non-hydrogen) atoms. The fraction of sp³-hybridized carbons (Fsp3) is 0.400. The highest BCUT2D eigenvalue weighted by Gasteiger charge is 2.29. The summed E-state index contributed by atoms with van der Waals surface area (Å²) in [6.45, 7) is 0.449. The van der Waals surface area contributed by atoms with Gasteiger partial charge in [0.2, 0.25) is 0 Å². The van der Waals surface area contributed by atoms with Gasteiger partial charge in [0.1, 0.15) is 0 Å². The number of hydrogen-bond donors (Lipinski definition) is 1. The maximum atomic E-state index is 13.4. The first-order valence-electron chi connectivity index (χ1n) is 6.74. The Kier molecular flexibility index (Phi) is 4.27. The van der Waals surface area contributed by atoms with E-state index < -0.39 is 0 Å². The van der Waals surface area contributed by atoms with Gasteiger partial charge in [-0.1, -0.05) is 12.1 Å². The maximum absolute atomic E-state index is 13.4. The minimum absolute atomic E-state index is 0.306. The molecule has 0 aliphatic heterocycles. The number of para-hydroxylation sites is 1. The second-order valence-corrected chi connectivity index (χ2v) is 6.36. The molecule has 1 aromatic heterocycles. The van der Waals surface area contributed by atoms with Gasteiger partial charge >= 0.3 is 0 Å². The molecule has 1 heterocycles. The number of thiazole rings is 1. The molecule has 1 fully saturated rings. The van der Waals surface area contributed by atoms with E-state index in [1.165, 1.54) is 29.5 Å². The van der Waals surface area contributed by atoms with Crippen LogP contribution in [0.2, 0.25) is 0 Å². The van der Waals surface area contributed by atoms with Crippen molar-refractivity contribution < 1.29 is 9.13 Å². The molecule has 2 nitrogen and oxygen atoms in total. The first-order chi connectivity index (χ1) is 9.78. The van der Waals surface area contributed by atoms with Gasteiger partial charge < -0.3 is 4.74 Å². The molecule has 2 aromatic rings. The molecule has 5 heteroatoms. The third-order valence-electron chi connectivity index (χ3n) is 3.29. The normalized spacial score (nSPS) is 14.5. The Labute approximate surface area is 127 Å². The minimum atomic E-state index is -0.318. The Morgan fingerprint density at radius 2 is 2.15 bits per heavy atom. The third kappa shape index (κ3) is 3.15. The van der Waals surface area contributed by atoms with Crippen LogP contribution >= 0.6 is 24.0 Å². The zero-order chi connectivity index (χ0) is 13.9. The van der Waals surface area contributed by atoms with E-state index in [1.807, 2.05) is 0 Å². The van der Waals surface area contributed by atoms with E-state index in [4.69, 9.17) is 9.72 Å². The second kappa shape index (κ2) is 6.14. The van der Waals surface area contributed by atoms with E-state index >= 15 is 0 Å². The monoisotopic (exact) mass is 309 g/mol. The summed E-state index contributed by atoms with van der Waals surface area (Å²) in [5.41, 5.74) is 1.23. The standard InChI is InChI=1S/C15H16FNOS2/c16-11-3-1-2-4-12(11)18-8-7-14-17-15(10-5-6-10)13(9-19)20-14/h1-4,10,19H,5-9H2. The zero-order valence-electron chi connectivity index (χ0n) is 11.0. The number of ether oxygens (including phenoxy) is 1. The summed E-state index contributed by atoms with van der Waals surface area (Å²) in [6, 6.07) is 6.48. The van der Waals surface area contributed by atoms with Crippen molar-refractivity contribution in [3.63, 3.8) is 0 Å². The largest absolute Gasteiger partial charge is 0.490 e. The smallest absolute Gasteiger partial charge is 0.165 e. The molecule has 0 unspecified atom stereocenters. The number of benzene rings is 1. The predicted octanol–water partition coefficient (Wildman–Crippen LogP) is 4.21. The average molecular weight is 309 g/mol. The van der Waals surface area contributed by atoms with Crippen LogP contribution in [0.4, 0.5) is 4.39 Å². The maximum Gasteiger partial charge on any atom is 0.165 e. The molecule has 106 valence electrons. The number of aromatic nitrogens is 1. The molecule has 0 N–H and O–H groups in total. The summed E-state index contributed by atoms with van der Waals surface area (Å²) in [4.78, 5) is 5.97. The molecule has 0 atom stereocenters. The van der Waals surface area contributed by atoms with Crippen molar-refractivity contribution in [3.05, 3.63) is 45.7 Å². The summed E-state index contributed by atoms with van der Waals surface area (Å²) < 4.78 is 18.9. The summed E-state index contributed by atoms with van der Waals surface area (Å²) >= 11 is 6.07. The zero-order valence-corrected chi connectivity index (χ0v) is 12.7. The highest BCUT2D eigenvalue weighted by Crippen LogP contribution is 2.43. The van der Waals surface area contributed by atoms with E-state index in [1.54, 1.807) is 29.5 Å². The Balaban J connectivity index is 1.60. The van der Waals surface area contributed by atoms with Gasteiger partial charge in [0.25, 0.3) is 0 Å². The van der Waals surface area contributed by atoms with E-state index in [2.05, 4.69) is 12.6 Å². The Hall–Kier alpha value is -1.07. The molecule has 1 aromatic carbocycles. The van der Waals surface area contributed by atoms with Crippen LogP contribution < -0.4 is 4.74 Å². The molecule has 1 aliphatic rings. The lowest BCUT2D eigenvalue weighted by atomic mass is 10.3. The molecule has 0 bridgehead atoms. The highest BCUT2D eigenvalue weighted by atomic mass is 32.1. The lowest BCUT2D eigenvalue weighted by molar-refractivity contribution is 0.305. The quantitative estimate of drug-likeness (QED) is 0.807. The topological polar surface area (TPSA) is 22.1 Å². The first-order valence-corrected chi connectivity index (χ1v) is 8.19. The van der Waals surface area contributed by atoms with Crippen molar-refractivity contribution in [3.8, 4) is 5.75 Å². The van der Waals surface area contributed by atoms with Crippen molar-refractivity contribution >= 4 is 24.0 Å². The summed E-state index contributed by atoms with van der Waals surface area (Å²) in [6.07, 6.45) is 3.21. The van der Waals surface area contributed by atoms with Gasteiger partial charge in [-0.05, 0) is 25.0 Å². The van der Waals surface area contributed by atoms with Crippen LogP contribution in [-0.4, -0.2) is 11.6 Å². The molecular weight excluding hydrogens is 293 g/mol. The SMILES string of the molecule is Fc1ccccc1OCCc1nc(C2CC2)c(CS)s1. The molecule has 0 saturated heterocycles. The van der Waals surface area contributed by atoms with Crippen LogP contribution in [0.25, 0.3) is 0 Å². The van der Waals surface area contributed by atoms with Crippen molar-refractivity contribution in [2.45, 2.75) is 30.9 Å². The van der Waals surface area contributed by atoms with Crippen molar-refractivity contribution in [2.24, 2.45) is 0 Å². The number of halogens is 1. The molecular formula is C15H16FNOS2. The van der Waals surface area contributed by atoms with E-state index in [-0.39, 0.29) is 5.82 Å². The van der Waals surface area contributed by atoms with Gasteiger partial charge in [0.15, 0.2) is 11.6 Å². The number of thiol groups is 1. The molecule has 0 radical (unpaired) electrons. The second-order valence-electron chi connectivity index (χ2n) is 4.88. The third-order valence-corrected chi connectivity index (χ3v) is 4.95. The van der Waals surface area contributed by atoms with Gasteiger partial charge in [-0.15, -0.1) is 11.3 Å². The van der Waals surface area contributed by atoms with E-state index in [0.29, 0.717) is 24.7 Å². The van der Waals surface area contributed by atoms with Crippen molar-refractivity contribution in [1.29, 1.82) is 0 Å². The van der Waals surface area contributed by atoms with Crippen molar-refractivity contribution in [1.82, 2.24) is 4.98 Å². The number of nitrogens with zero attached hydrogens (tertiary/aromatic N) is 1. The average Bonchev–Trinajstić information content (AvgIpc) is 3.22. The van der Waals surface area contributed by atoms with Crippen molar-refractivity contribution in [2.75, 3.05) is 6.61 Å². The fourth-order valence-electron chi connectivity index (χ4n) is 2.12. The summed E-state index contributed by atoms with van der Waals surface area (Å²) in [5, 5.41) is 1.06. The van der Waals surface area contributed by atoms with Crippen LogP contribution in [-0.2, 0) is 12.2 Å². The molecule has 1 saturated carbocycles. The fourth-order valence-corrected chi connectivity index (χ4v) is 3.47. The Morgan fingerprint density at radius 1 is 1.35 bits per heavy atom. The highest BCUT2D eigenvalue weighted by molar-refractivity contribution is 7.79. The lowest BCUT2D eigenvalue weighted by Gasteiger charge is -2.05. The lowest BCUT2D eigenvalue weighted by Crippen LogP contribution is -2.02. The van der Waals surface area contributed by atoms with Gasteiger partial charge in [0, 0.05) is 23.0 Å². The Bertz CT molecular complexity index is 595. The summed E-state index contributed by atoms with van der Waals surface area (Å²) in [7, 11) is 0. The Morgan fingerprint density at radius 3 is 2.85 bits per heavy atom. The van der Waals surface area contributed by atoms with Gasteiger partial charge in [0.05, 0.1) is 17.3 Å². The van der Waals surface area contributed by atoms with Gasteiger partial charge in [-0.25, -0.2) is 9.37 Å². The van der Waals surface area contributed by atoms with Gasteiger partial charge in [-0.2, -0.15) is 12.6 Å². The predicted molar refractivity (Wildman–Crippen MR) is 82.4 cm³/mol. The van der Waals surface area contributed by atoms with Crippen LogP contribution in [0, 0.1) is 5.82 Å².